The normalized spacial score (nSPS) is 10.7. The minimum absolute atomic E-state index is 0.0872. The Morgan fingerprint density at radius 2 is 1.73 bits per heavy atom. The van der Waals surface area contributed by atoms with Crippen molar-refractivity contribution in [1.82, 2.24) is 10.3 Å². The average molecular weight is 355 g/mol. The molecule has 1 aromatic heterocycles. The summed E-state index contributed by atoms with van der Waals surface area (Å²) in [5.74, 6) is 0.498. The number of nitrogens with zero attached hydrogens (tertiary/aromatic N) is 1. The van der Waals surface area contributed by atoms with E-state index in [1.165, 1.54) is 12.3 Å². The zero-order valence-corrected chi connectivity index (χ0v) is 15.6. The van der Waals surface area contributed by atoms with E-state index < -0.39 is 0 Å². The second kappa shape index (κ2) is 8.99. The third-order valence-corrected chi connectivity index (χ3v) is 3.41. The van der Waals surface area contributed by atoms with Crippen LogP contribution in [0.1, 0.15) is 48.5 Å². The molecule has 2 rings (SSSR count). The SMILES string of the molecule is CC(C)CNC(=O)c1ccnc(C(=O)Nc2ccc(OC(C)C)cc2)c1. The minimum Gasteiger partial charge on any atom is -0.491 e. The van der Waals surface area contributed by atoms with Crippen LogP contribution < -0.4 is 15.4 Å². The van der Waals surface area contributed by atoms with Crippen LogP contribution in [0.4, 0.5) is 5.69 Å². The molecule has 0 aliphatic carbocycles. The Bertz CT molecular complexity index is 755. The summed E-state index contributed by atoms with van der Waals surface area (Å²) in [5.41, 5.74) is 1.22. The molecule has 0 spiro atoms. The number of amides is 2. The standard InChI is InChI=1S/C20H25N3O3/c1-13(2)12-22-19(24)15-9-10-21-18(11-15)20(25)23-16-5-7-17(8-6-16)26-14(3)4/h5-11,13-14H,12H2,1-4H3,(H,22,24)(H,23,25). The van der Waals surface area contributed by atoms with Gasteiger partial charge in [-0.25, -0.2) is 0 Å². The number of hydrogen-bond donors (Lipinski definition) is 2. The van der Waals surface area contributed by atoms with E-state index >= 15 is 0 Å². The number of carbonyl (C=O) groups is 2. The first-order chi connectivity index (χ1) is 12.3. The van der Waals surface area contributed by atoms with Crippen molar-refractivity contribution in [1.29, 1.82) is 0 Å². The van der Waals surface area contributed by atoms with Crippen molar-refractivity contribution >= 4 is 17.5 Å². The lowest BCUT2D eigenvalue weighted by Gasteiger charge is -2.11. The maximum atomic E-state index is 12.4. The number of carbonyl (C=O) groups excluding carboxylic acids is 2. The van der Waals surface area contributed by atoms with Crippen LogP contribution >= 0.6 is 0 Å². The topological polar surface area (TPSA) is 80.3 Å². The van der Waals surface area contributed by atoms with Gasteiger partial charge in [0.2, 0.25) is 0 Å². The van der Waals surface area contributed by atoms with Gasteiger partial charge in [0, 0.05) is 24.0 Å². The summed E-state index contributed by atoms with van der Waals surface area (Å²) < 4.78 is 5.57. The highest BCUT2D eigenvalue weighted by molar-refractivity contribution is 6.04. The predicted molar refractivity (Wildman–Crippen MR) is 102 cm³/mol. The van der Waals surface area contributed by atoms with Gasteiger partial charge in [-0.3, -0.25) is 14.6 Å². The minimum atomic E-state index is -0.374. The summed E-state index contributed by atoms with van der Waals surface area (Å²) in [6.07, 6.45) is 1.54. The van der Waals surface area contributed by atoms with Gasteiger partial charge >= 0.3 is 0 Å². The van der Waals surface area contributed by atoms with Crippen molar-refractivity contribution in [3.05, 3.63) is 53.9 Å². The van der Waals surface area contributed by atoms with E-state index in [0.717, 1.165) is 5.75 Å². The third kappa shape index (κ3) is 5.88. The van der Waals surface area contributed by atoms with Crippen molar-refractivity contribution in [2.45, 2.75) is 33.8 Å². The summed E-state index contributed by atoms with van der Waals surface area (Å²) in [7, 11) is 0. The summed E-state index contributed by atoms with van der Waals surface area (Å²) in [5, 5.41) is 5.59. The molecule has 0 saturated heterocycles. The summed E-state index contributed by atoms with van der Waals surface area (Å²) in [6.45, 7) is 8.51. The molecule has 2 N–H and O–H groups in total. The number of ether oxygens (including phenoxy) is 1. The second-order valence-electron chi connectivity index (χ2n) is 6.68. The van der Waals surface area contributed by atoms with Crippen molar-refractivity contribution in [3.8, 4) is 5.75 Å². The maximum Gasteiger partial charge on any atom is 0.274 e. The molecule has 26 heavy (non-hydrogen) atoms. The Morgan fingerprint density at radius 1 is 1.04 bits per heavy atom. The number of anilines is 1. The van der Waals surface area contributed by atoms with E-state index in [9.17, 15) is 9.59 Å². The fourth-order valence-corrected chi connectivity index (χ4v) is 2.18. The van der Waals surface area contributed by atoms with E-state index in [1.54, 1.807) is 30.3 Å². The molecule has 0 unspecified atom stereocenters. The summed E-state index contributed by atoms with van der Waals surface area (Å²) in [6, 6.07) is 10.2. The van der Waals surface area contributed by atoms with Crippen LogP contribution in [-0.4, -0.2) is 29.4 Å². The van der Waals surface area contributed by atoms with Crippen LogP contribution in [0.5, 0.6) is 5.75 Å². The molecule has 1 heterocycles. The molecule has 2 aromatic rings. The first-order valence-corrected chi connectivity index (χ1v) is 8.67. The zero-order chi connectivity index (χ0) is 19.1. The van der Waals surface area contributed by atoms with Crippen molar-refractivity contribution in [2.75, 3.05) is 11.9 Å². The Hall–Kier alpha value is -2.89. The number of nitrogens with one attached hydrogen (secondary N) is 2. The fraction of sp³-hybridized carbons (Fsp3) is 0.350. The third-order valence-electron chi connectivity index (χ3n) is 3.41. The van der Waals surface area contributed by atoms with Crippen LogP contribution in [0.2, 0.25) is 0 Å². The van der Waals surface area contributed by atoms with Gasteiger partial charge in [0.05, 0.1) is 6.10 Å². The number of aromatic nitrogens is 1. The van der Waals surface area contributed by atoms with Gasteiger partial charge in [0.25, 0.3) is 11.8 Å². The molecule has 0 radical (unpaired) electrons. The molecular formula is C20H25N3O3. The van der Waals surface area contributed by atoms with Crippen LogP contribution in [0.25, 0.3) is 0 Å². The lowest BCUT2D eigenvalue weighted by atomic mass is 10.2. The monoisotopic (exact) mass is 355 g/mol. The Labute approximate surface area is 154 Å². The zero-order valence-electron chi connectivity index (χ0n) is 15.6. The number of benzene rings is 1. The van der Waals surface area contributed by atoms with Gasteiger partial charge in [-0.15, -0.1) is 0 Å². The number of pyridine rings is 1. The summed E-state index contributed by atoms with van der Waals surface area (Å²) >= 11 is 0. The average Bonchev–Trinajstić information content (AvgIpc) is 2.61. The van der Waals surface area contributed by atoms with E-state index in [0.29, 0.717) is 23.7 Å². The maximum absolute atomic E-state index is 12.4. The molecule has 2 amide bonds. The van der Waals surface area contributed by atoms with Crippen molar-refractivity contribution in [3.63, 3.8) is 0 Å². The molecule has 1 aromatic carbocycles. The lowest BCUT2D eigenvalue weighted by Crippen LogP contribution is -2.27. The summed E-state index contributed by atoms with van der Waals surface area (Å²) in [4.78, 5) is 28.6. The van der Waals surface area contributed by atoms with Gasteiger partial charge in [-0.05, 0) is 56.2 Å². The molecule has 0 fully saturated rings. The molecule has 6 heteroatoms. The van der Waals surface area contributed by atoms with Gasteiger partial charge < -0.3 is 15.4 Å². The number of rotatable bonds is 7. The van der Waals surface area contributed by atoms with E-state index in [-0.39, 0.29) is 23.6 Å². The van der Waals surface area contributed by atoms with Gasteiger partial charge in [-0.2, -0.15) is 0 Å². The van der Waals surface area contributed by atoms with Gasteiger partial charge in [0.15, 0.2) is 0 Å². The first kappa shape index (κ1) is 19.4. The highest BCUT2D eigenvalue weighted by Gasteiger charge is 2.12. The molecule has 0 aliphatic heterocycles. The molecular weight excluding hydrogens is 330 g/mol. The molecule has 0 bridgehead atoms. The van der Waals surface area contributed by atoms with Gasteiger partial charge in [0.1, 0.15) is 11.4 Å². The Morgan fingerprint density at radius 3 is 2.35 bits per heavy atom. The highest BCUT2D eigenvalue weighted by atomic mass is 16.5. The van der Waals surface area contributed by atoms with Crippen molar-refractivity contribution < 1.29 is 14.3 Å². The van der Waals surface area contributed by atoms with Gasteiger partial charge in [-0.1, -0.05) is 13.8 Å². The molecule has 0 atom stereocenters. The van der Waals surface area contributed by atoms with Crippen LogP contribution in [0.3, 0.4) is 0 Å². The molecule has 0 aliphatic rings. The smallest absolute Gasteiger partial charge is 0.274 e. The van der Waals surface area contributed by atoms with E-state index in [1.807, 2.05) is 27.7 Å². The predicted octanol–water partition coefficient (Wildman–Crippen LogP) is 3.51. The largest absolute Gasteiger partial charge is 0.491 e. The molecule has 138 valence electrons. The Kier molecular flexibility index (Phi) is 6.72. The molecule has 0 saturated carbocycles. The van der Waals surface area contributed by atoms with E-state index in [2.05, 4.69) is 15.6 Å². The fourth-order valence-electron chi connectivity index (χ4n) is 2.18. The highest BCUT2D eigenvalue weighted by Crippen LogP contribution is 2.17. The van der Waals surface area contributed by atoms with E-state index in [4.69, 9.17) is 4.74 Å². The first-order valence-electron chi connectivity index (χ1n) is 8.67. The number of hydrogen-bond acceptors (Lipinski definition) is 4. The Balaban J connectivity index is 2.03. The van der Waals surface area contributed by atoms with Crippen LogP contribution in [-0.2, 0) is 0 Å². The quantitative estimate of drug-likeness (QED) is 0.796. The van der Waals surface area contributed by atoms with Crippen LogP contribution in [0, 0.1) is 5.92 Å². The van der Waals surface area contributed by atoms with Crippen LogP contribution in [0.15, 0.2) is 42.6 Å². The molecule has 6 nitrogen and oxygen atoms in total. The lowest BCUT2D eigenvalue weighted by molar-refractivity contribution is 0.0949. The van der Waals surface area contributed by atoms with Crippen molar-refractivity contribution in [2.24, 2.45) is 5.92 Å². The second-order valence-corrected chi connectivity index (χ2v) is 6.68.